The van der Waals surface area contributed by atoms with Crippen molar-refractivity contribution in [3.63, 3.8) is 0 Å². The third kappa shape index (κ3) is 1.92. The van der Waals surface area contributed by atoms with Gasteiger partial charge in [-0.05, 0) is 41.1 Å². The summed E-state index contributed by atoms with van der Waals surface area (Å²) in [4.78, 5) is 0. The Morgan fingerprint density at radius 3 is 2.93 bits per heavy atom. The van der Waals surface area contributed by atoms with Crippen molar-refractivity contribution in [2.45, 2.75) is 13.5 Å². The van der Waals surface area contributed by atoms with Crippen molar-refractivity contribution in [1.82, 2.24) is 14.8 Å². The van der Waals surface area contributed by atoms with Crippen molar-refractivity contribution < 1.29 is 4.39 Å². The predicted octanol–water partition coefficient (Wildman–Crippen LogP) is 2.87. The van der Waals surface area contributed by atoms with Gasteiger partial charge in [-0.25, -0.2) is 4.39 Å². The third-order valence-electron chi connectivity index (χ3n) is 2.13. The van der Waals surface area contributed by atoms with Gasteiger partial charge in [-0.3, -0.25) is 0 Å². The molecule has 0 N–H and O–H groups in total. The molecule has 0 bridgehead atoms. The molecule has 0 amide bonds. The predicted molar refractivity (Wildman–Crippen MR) is 58.8 cm³/mol. The Bertz CT molecular complexity index is 481. The average molecular weight is 270 g/mol. The second kappa shape index (κ2) is 4.10. The van der Waals surface area contributed by atoms with Gasteiger partial charge in [0.2, 0.25) is 0 Å². The summed E-state index contributed by atoms with van der Waals surface area (Å²) in [6, 6.07) is 4.92. The van der Waals surface area contributed by atoms with Gasteiger partial charge in [-0.2, -0.15) is 0 Å². The van der Waals surface area contributed by atoms with E-state index >= 15 is 0 Å². The van der Waals surface area contributed by atoms with Crippen LogP contribution < -0.4 is 0 Å². The van der Waals surface area contributed by atoms with Crippen LogP contribution in [0.25, 0.3) is 11.4 Å². The smallest absolute Gasteiger partial charge is 0.163 e. The van der Waals surface area contributed by atoms with Crippen molar-refractivity contribution in [3.05, 3.63) is 34.8 Å². The molecule has 5 heteroatoms. The Balaban J connectivity index is 2.50. The molecular weight excluding hydrogens is 261 g/mol. The van der Waals surface area contributed by atoms with Crippen LogP contribution in [-0.4, -0.2) is 14.8 Å². The first-order valence-corrected chi connectivity index (χ1v) is 5.35. The second-order valence-electron chi connectivity index (χ2n) is 3.07. The highest BCUT2D eigenvalue weighted by Gasteiger charge is 2.08. The SMILES string of the molecule is CCn1cnnc1-c1ccc(Br)c(F)c1. The zero-order valence-corrected chi connectivity index (χ0v) is 9.70. The van der Waals surface area contributed by atoms with Crippen molar-refractivity contribution >= 4 is 15.9 Å². The Morgan fingerprint density at radius 2 is 2.27 bits per heavy atom. The molecule has 0 spiro atoms. The Hall–Kier alpha value is -1.23. The second-order valence-corrected chi connectivity index (χ2v) is 3.92. The molecule has 0 saturated carbocycles. The van der Waals surface area contributed by atoms with Crippen LogP contribution in [0, 0.1) is 5.82 Å². The van der Waals surface area contributed by atoms with Crippen molar-refractivity contribution in [2.75, 3.05) is 0 Å². The van der Waals surface area contributed by atoms with Gasteiger partial charge in [0, 0.05) is 12.1 Å². The summed E-state index contributed by atoms with van der Waals surface area (Å²) in [7, 11) is 0. The molecule has 0 fully saturated rings. The standard InChI is InChI=1S/C10H9BrFN3/c1-2-15-6-13-14-10(15)7-3-4-8(11)9(12)5-7/h3-6H,2H2,1H3. The van der Waals surface area contributed by atoms with Crippen molar-refractivity contribution in [3.8, 4) is 11.4 Å². The van der Waals surface area contributed by atoms with E-state index in [1.807, 2.05) is 17.6 Å². The summed E-state index contributed by atoms with van der Waals surface area (Å²) in [5.74, 6) is 0.391. The quantitative estimate of drug-likeness (QED) is 0.840. The number of hydrogen-bond acceptors (Lipinski definition) is 2. The average Bonchev–Trinajstić information content (AvgIpc) is 2.70. The molecule has 0 radical (unpaired) electrons. The van der Waals surface area contributed by atoms with Crippen LogP contribution in [0.1, 0.15) is 6.92 Å². The highest BCUT2D eigenvalue weighted by Crippen LogP contribution is 2.22. The normalized spacial score (nSPS) is 10.6. The number of halogens is 2. The van der Waals surface area contributed by atoms with Gasteiger partial charge in [0.1, 0.15) is 12.1 Å². The van der Waals surface area contributed by atoms with Crippen LogP contribution in [0.3, 0.4) is 0 Å². The molecule has 0 aliphatic rings. The lowest BCUT2D eigenvalue weighted by atomic mass is 10.2. The molecule has 3 nitrogen and oxygen atoms in total. The van der Waals surface area contributed by atoms with E-state index in [0.29, 0.717) is 10.3 Å². The first-order chi connectivity index (χ1) is 7.22. The molecule has 1 aromatic carbocycles. The lowest BCUT2D eigenvalue weighted by molar-refractivity contribution is 0.621. The molecule has 0 atom stereocenters. The Labute approximate surface area is 95.1 Å². The fourth-order valence-electron chi connectivity index (χ4n) is 1.35. The molecule has 2 rings (SSSR count). The summed E-state index contributed by atoms with van der Waals surface area (Å²) in [6.07, 6.45) is 1.63. The maximum Gasteiger partial charge on any atom is 0.163 e. The molecule has 78 valence electrons. The van der Waals surface area contributed by atoms with Crippen LogP contribution in [-0.2, 0) is 6.54 Å². The first-order valence-electron chi connectivity index (χ1n) is 4.55. The summed E-state index contributed by atoms with van der Waals surface area (Å²) in [6.45, 7) is 2.75. The molecule has 1 heterocycles. The van der Waals surface area contributed by atoms with Gasteiger partial charge in [0.05, 0.1) is 4.47 Å². The molecule has 0 aliphatic heterocycles. The van der Waals surface area contributed by atoms with Crippen molar-refractivity contribution in [2.24, 2.45) is 0 Å². The third-order valence-corrected chi connectivity index (χ3v) is 2.78. The van der Waals surface area contributed by atoms with Gasteiger partial charge >= 0.3 is 0 Å². The number of aryl methyl sites for hydroxylation is 1. The summed E-state index contributed by atoms with van der Waals surface area (Å²) in [5.41, 5.74) is 0.732. The summed E-state index contributed by atoms with van der Waals surface area (Å²) >= 11 is 3.11. The minimum atomic E-state index is -0.293. The van der Waals surface area contributed by atoms with Gasteiger partial charge in [-0.15, -0.1) is 10.2 Å². The van der Waals surface area contributed by atoms with E-state index < -0.39 is 0 Å². The molecule has 2 aromatic rings. The maximum absolute atomic E-state index is 13.3. The zero-order valence-electron chi connectivity index (χ0n) is 8.11. The van der Waals surface area contributed by atoms with E-state index in [2.05, 4.69) is 26.1 Å². The molecular formula is C10H9BrFN3. The summed E-state index contributed by atoms with van der Waals surface area (Å²) < 4.78 is 15.6. The fourth-order valence-corrected chi connectivity index (χ4v) is 1.59. The lowest BCUT2D eigenvalue weighted by Gasteiger charge is -2.03. The van der Waals surface area contributed by atoms with Gasteiger partial charge in [-0.1, -0.05) is 0 Å². The minimum Gasteiger partial charge on any atom is -0.314 e. The largest absolute Gasteiger partial charge is 0.314 e. The maximum atomic E-state index is 13.3. The van der Waals surface area contributed by atoms with E-state index in [9.17, 15) is 4.39 Å². The van der Waals surface area contributed by atoms with Crippen LogP contribution in [0.2, 0.25) is 0 Å². The number of nitrogens with zero attached hydrogens (tertiary/aromatic N) is 3. The van der Waals surface area contributed by atoms with E-state index in [1.54, 1.807) is 12.4 Å². The summed E-state index contributed by atoms with van der Waals surface area (Å²) in [5, 5.41) is 7.76. The van der Waals surface area contributed by atoms with Crippen LogP contribution in [0.4, 0.5) is 4.39 Å². The van der Waals surface area contributed by atoms with Gasteiger partial charge < -0.3 is 4.57 Å². The first kappa shape index (κ1) is 10.3. The van der Waals surface area contributed by atoms with E-state index in [-0.39, 0.29) is 5.82 Å². The monoisotopic (exact) mass is 269 g/mol. The van der Waals surface area contributed by atoms with Crippen molar-refractivity contribution in [1.29, 1.82) is 0 Å². The van der Waals surface area contributed by atoms with Gasteiger partial charge in [0.25, 0.3) is 0 Å². The fraction of sp³-hybridized carbons (Fsp3) is 0.200. The zero-order chi connectivity index (χ0) is 10.8. The van der Waals surface area contributed by atoms with E-state index in [1.165, 1.54) is 6.07 Å². The van der Waals surface area contributed by atoms with E-state index in [0.717, 1.165) is 12.1 Å². The molecule has 0 unspecified atom stereocenters. The Kier molecular flexibility index (Phi) is 2.81. The van der Waals surface area contributed by atoms with Crippen LogP contribution in [0.15, 0.2) is 29.0 Å². The van der Waals surface area contributed by atoms with Crippen LogP contribution in [0.5, 0.6) is 0 Å². The number of benzene rings is 1. The van der Waals surface area contributed by atoms with Gasteiger partial charge in [0.15, 0.2) is 5.82 Å². The molecule has 0 aliphatic carbocycles. The van der Waals surface area contributed by atoms with Crippen LogP contribution >= 0.6 is 15.9 Å². The highest BCUT2D eigenvalue weighted by molar-refractivity contribution is 9.10. The van der Waals surface area contributed by atoms with E-state index in [4.69, 9.17) is 0 Å². The minimum absolute atomic E-state index is 0.293. The number of aromatic nitrogens is 3. The Morgan fingerprint density at radius 1 is 1.47 bits per heavy atom. The topological polar surface area (TPSA) is 30.7 Å². The molecule has 15 heavy (non-hydrogen) atoms. The molecule has 1 aromatic heterocycles. The lowest BCUT2D eigenvalue weighted by Crippen LogP contribution is -1.96. The number of rotatable bonds is 2. The highest BCUT2D eigenvalue weighted by atomic mass is 79.9. The number of hydrogen-bond donors (Lipinski definition) is 0. The molecule has 0 saturated heterocycles.